The van der Waals surface area contributed by atoms with Gasteiger partial charge in [-0.25, -0.2) is 0 Å². The number of hydrogen-bond donors (Lipinski definition) is 0. The average molecular weight is 147 g/mol. The fourth-order valence-corrected chi connectivity index (χ4v) is 1.02. The maximum atomic E-state index is 2.23. The molecule has 0 nitrogen and oxygen atoms in total. The molecule has 0 unspecified atom stereocenters. The van der Waals surface area contributed by atoms with Gasteiger partial charge in [0.2, 0.25) is 0 Å². The van der Waals surface area contributed by atoms with Crippen molar-refractivity contribution in [1.29, 1.82) is 0 Å². The van der Waals surface area contributed by atoms with Crippen LogP contribution in [0.5, 0.6) is 0 Å². The molecule has 0 bridgehead atoms. The summed E-state index contributed by atoms with van der Waals surface area (Å²) in [7, 11) is 0. The van der Waals surface area contributed by atoms with Gasteiger partial charge in [0.05, 0.1) is 0 Å². The second-order valence-corrected chi connectivity index (χ2v) is 2.67. The van der Waals surface area contributed by atoms with Crippen molar-refractivity contribution in [3.05, 3.63) is 42.9 Å². The smallest absolute Gasteiger partial charge is 0.0167 e. The summed E-state index contributed by atoms with van der Waals surface area (Å²) in [5.74, 6) is 0. The highest BCUT2D eigenvalue weighted by molar-refractivity contribution is 5.05. The summed E-state index contributed by atoms with van der Waals surface area (Å²) in [6, 6.07) is 0. The lowest BCUT2D eigenvalue weighted by atomic mass is 10.2. The molecule has 0 aromatic heterocycles. The summed E-state index contributed by atoms with van der Waals surface area (Å²) in [5.41, 5.74) is 0. The first-order chi connectivity index (χ1) is 5.50. The standard InChI is InChI=1S/C11H15/c1-2-4-6-8-10-11-9-7-5-3-1/h1-4,9-11H,5-8H2/b3-1-,4-2+,11-9+. The highest BCUT2D eigenvalue weighted by atomic mass is 13.9. The predicted molar refractivity (Wildman–Crippen MR) is 50.2 cm³/mol. The Bertz CT molecular complexity index is 161. The molecular weight excluding hydrogens is 132 g/mol. The summed E-state index contributed by atoms with van der Waals surface area (Å²) in [5, 5.41) is 0. The van der Waals surface area contributed by atoms with E-state index in [1.165, 1.54) is 12.8 Å². The minimum absolute atomic E-state index is 1.16. The number of hydrogen-bond acceptors (Lipinski definition) is 0. The average Bonchev–Trinajstić information content (AvgIpc) is 2.08. The maximum absolute atomic E-state index is 2.23. The Morgan fingerprint density at radius 3 is 1.82 bits per heavy atom. The van der Waals surface area contributed by atoms with Crippen LogP contribution < -0.4 is 0 Å². The Morgan fingerprint density at radius 2 is 1.09 bits per heavy atom. The van der Waals surface area contributed by atoms with E-state index < -0.39 is 0 Å². The second-order valence-electron chi connectivity index (χ2n) is 2.67. The molecule has 0 atom stereocenters. The zero-order valence-electron chi connectivity index (χ0n) is 6.87. The van der Waals surface area contributed by atoms with E-state index in [2.05, 4.69) is 42.9 Å². The third-order valence-corrected chi connectivity index (χ3v) is 1.66. The highest BCUT2D eigenvalue weighted by Crippen LogP contribution is 2.01. The summed E-state index contributed by atoms with van der Waals surface area (Å²) >= 11 is 0. The Kier molecular flexibility index (Phi) is 4.51. The van der Waals surface area contributed by atoms with Gasteiger partial charge in [0.1, 0.15) is 0 Å². The third kappa shape index (κ3) is 4.60. The lowest BCUT2D eigenvalue weighted by molar-refractivity contribution is 0.997. The van der Waals surface area contributed by atoms with Gasteiger partial charge in [0.15, 0.2) is 0 Å². The van der Waals surface area contributed by atoms with Crippen LogP contribution in [0.4, 0.5) is 0 Å². The fourth-order valence-electron chi connectivity index (χ4n) is 1.02. The summed E-state index contributed by atoms with van der Waals surface area (Å²) < 4.78 is 0. The van der Waals surface area contributed by atoms with Gasteiger partial charge in [-0.05, 0) is 32.1 Å². The topological polar surface area (TPSA) is 0 Å². The van der Waals surface area contributed by atoms with Gasteiger partial charge < -0.3 is 0 Å². The normalized spacial score (nSPS) is 28.4. The van der Waals surface area contributed by atoms with Crippen LogP contribution in [0.1, 0.15) is 25.7 Å². The van der Waals surface area contributed by atoms with Crippen molar-refractivity contribution in [2.45, 2.75) is 25.7 Å². The Labute approximate surface area is 69.3 Å². The van der Waals surface area contributed by atoms with Crippen molar-refractivity contribution in [3.8, 4) is 0 Å². The molecule has 0 spiro atoms. The first kappa shape index (κ1) is 8.32. The van der Waals surface area contributed by atoms with Crippen LogP contribution in [-0.4, -0.2) is 0 Å². The quantitative estimate of drug-likeness (QED) is 0.492. The largest absolute Gasteiger partial charge is 0.0879 e. The monoisotopic (exact) mass is 147 g/mol. The van der Waals surface area contributed by atoms with Crippen LogP contribution in [0.25, 0.3) is 0 Å². The number of allylic oxidation sites excluding steroid dienone is 6. The van der Waals surface area contributed by atoms with Gasteiger partial charge in [-0.2, -0.15) is 0 Å². The van der Waals surface area contributed by atoms with Crippen molar-refractivity contribution in [2.75, 3.05) is 0 Å². The third-order valence-electron chi connectivity index (χ3n) is 1.66. The summed E-state index contributed by atoms with van der Waals surface area (Å²) in [4.78, 5) is 0. The van der Waals surface area contributed by atoms with Gasteiger partial charge in [0.25, 0.3) is 0 Å². The van der Waals surface area contributed by atoms with Crippen LogP contribution >= 0.6 is 0 Å². The van der Waals surface area contributed by atoms with Crippen LogP contribution in [-0.2, 0) is 0 Å². The maximum Gasteiger partial charge on any atom is -0.0167 e. The van der Waals surface area contributed by atoms with E-state index >= 15 is 0 Å². The van der Waals surface area contributed by atoms with Crippen molar-refractivity contribution in [2.24, 2.45) is 0 Å². The molecule has 0 N–H and O–H groups in total. The molecule has 1 radical (unpaired) electrons. The Hall–Kier alpha value is -0.780. The van der Waals surface area contributed by atoms with Crippen molar-refractivity contribution in [3.63, 3.8) is 0 Å². The van der Waals surface area contributed by atoms with E-state index in [0.29, 0.717) is 0 Å². The van der Waals surface area contributed by atoms with Gasteiger partial charge >= 0.3 is 0 Å². The van der Waals surface area contributed by atoms with E-state index in [0.717, 1.165) is 12.8 Å². The number of rotatable bonds is 0. The zero-order valence-corrected chi connectivity index (χ0v) is 6.87. The van der Waals surface area contributed by atoms with Gasteiger partial charge in [0, 0.05) is 0 Å². The van der Waals surface area contributed by atoms with Crippen LogP contribution in [0, 0.1) is 6.42 Å². The van der Waals surface area contributed by atoms with Gasteiger partial charge in [-0.1, -0.05) is 36.5 Å². The van der Waals surface area contributed by atoms with Crippen molar-refractivity contribution < 1.29 is 0 Å². The minimum Gasteiger partial charge on any atom is -0.0879 e. The molecule has 0 heteroatoms. The Balaban J connectivity index is 2.34. The van der Waals surface area contributed by atoms with Crippen LogP contribution in [0.2, 0.25) is 0 Å². The lowest BCUT2D eigenvalue weighted by Gasteiger charge is -1.87. The van der Waals surface area contributed by atoms with Crippen molar-refractivity contribution in [1.82, 2.24) is 0 Å². The molecule has 0 amide bonds. The van der Waals surface area contributed by atoms with Crippen molar-refractivity contribution >= 4 is 0 Å². The molecule has 0 saturated heterocycles. The molecule has 1 rings (SSSR count). The molecule has 59 valence electrons. The SMILES string of the molecule is [CH]1/C=C/CC/C=C\C=C\CC1. The highest BCUT2D eigenvalue weighted by Gasteiger charge is 1.82. The van der Waals surface area contributed by atoms with E-state index in [1.54, 1.807) is 0 Å². The van der Waals surface area contributed by atoms with Gasteiger partial charge in [-0.15, -0.1) is 0 Å². The predicted octanol–water partition coefficient (Wildman–Crippen LogP) is 3.43. The lowest BCUT2D eigenvalue weighted by Crippen LogP contribution is -1.69. The Morgan fingerprint density at radius 1 is 0.545 bits per heavy atom. The molecule has 0 saturated carbocycles. The molecule has 0 aromatic rings. The van der Waals surface area contributed by atoms with E-state index in [4.69, 9.17) is 0 Å². The summed E-state index contributed by atoms with van der Waals surface area (Å²) in [6.07, 6.45) is 20.0. The zero-order chi connectivity index (χ0) is 7.78. The molecule has 0 heterocycles. The van der Waals surface area contributed by atoms with Crippen LogP contribution in [0.3, 0.4) is 0 Å². The first-order valence-electron chi connectivity index (χ1n) is 4.30. The molecule has 0 aromatic carbocycles. The van der Waals surface area contributed by atoms with Crippen LogP contribution in [0.15, 0.2) is 36.5 Å². The first-order valence-corrected chi connectivity index (χ1v) is 4.30. The molecular formula is C11H15. The fraction of sp³-hybridized carbons (Fsp3) is 0.364. The minimum atomic E-state index is 1.16. The van der Waals surface area contributed by atoms with Gasteiger partial charge in [-0.3, -0.25) is 0 Å². The molecule has 0 fully saturated rings. The summed E-state index contributed by atoms with van der Waals surface area (Å²) in [6.45, 7) is 0. The molecule has 0 aliphatic heterocycles. The second kappa shape index (κ2) is 5.96. The van der Waals surface area contributed by atoms with E-state index in [1.807, 2.05) is 0 Å². The molecule has 1 aliphatic carbocycles. The van der Waals surface area contributed by atoms with E-state index in [9.17, 15) is 0 Å². The molecule has 1 aliphatic rings. The molecule has 11 heavy (non-hydrogen) atoms. The van der Waals surface area contributed by atoms with E-state index in [-0.39, 0.29) is 0 Å².